The smallest absolute Gasteiger partial charge is 0.318 e. The second-order valence-corrected chi connectivity index (χ2v) is 8.34. The zero-order chi connectivity index (χ0) is 19.3. The van der Waals surface area contributed by atoms with E-state index < -0.39 is 28.6 Å². The molecule has 9 heteroatoms. The van der Waals surface area contributed by atoms with Gasteiger partial charge in [0, 0.05) is 19.6 Å². The zero-order valence-corrected chi connectivity index (χ0v) is 15.7. The summed E-state index contributed by atoms with van der Waals surface area (Å²) in [6.45, 7) is 2.02. The Kier molecular flexibility index (Phi) is 6.74. The summed E-state index contributed by atoms with van der Waals surface area (Å²) in [6.07, 6.45) is 0.392. The highest BCUT2D eigenvalue weighted by molar-refractivity contribution is 7.88. The molecule has 1 saturated heterocycles. The van der Waals surface area contributed by atoms with E-state index in [4.69, 9.17) is 9.84 Å². The summed E-state index contributed by atoms with van der Waals surface area (Å²) >= 11 is 0. The second kappa shape index (κ2) is 8.61. The van der Waals surface area contributed by atoms with Crippen LogP contribution in [0.3, 0.4) is 0 Å². The van der Waals surface area contributed by atoms with E-state index in [2.05, 4.69) is 0 Å². The van der Waals surface area contributed by atoms with Gasteiger partial charge in [-0.2, -0.15) is 4.31 Å². The number of benzene rings is 1. The molecule has 26 heavy (non-hydrogen) atoms. The van der Waals surface area contributed by atoms with E-state index in [0.717, 1.165) is 16.1 Å². The van der Waals surface area contributed by atoms with Crippen molar-refractivity contribution in [1.29, 1.82) is 0 Å². The van der Waals surface area contributed by atoms with Gasteiger partial charge in [0.15, 0.2) is 0 Å². The summed E-state index contributed by atoms with van der Waals surface area (Å²) in [6, 6.07) is 9.40. The average Bonchev–Trinajstić information content (AvgIpc) is 2.60. The lowest BCUT2D eigenvalue weighted by Gasteiger charge is -2.36. The van der Waals surface area contributed by atoms with E-state index in [1.165, 1.54) is 0 Å². The third-order valence-electron chi connectivity index (χ3n) is 4.31. The topological polar surface area (TPSA) is 104 Å². The van der Waals surface area contributed by atoms with Crippen LogP contribution in [0.15, 0.2) is 30.3 Å². The molecule has 8 nitrogen and oxygen atoms in total. The van der Waals surface area contributed by atoms with Crippen molar-refractivity contribution in [3.05, 3.63) is 35.9 Å². The number of hydrogen-bond donors (Lipinski definition) is 1. The molecule has 144 valence electrons. The van der Waals surface area contributed by atoms with Crippen LogP contribution in [0.2, 0.25) is 0 Å². The fourth-order valence-electron chi connectivity index (χ4n) is 2.88. The van der Waals surface area contributed by atoms with Gasteiger partial charge in [0.1, 0.15) is 6.54 Å². The first-order valence-corrected chi connectivity index (χ1v) is 10.2. The van der Waals surface area contributed by atoms with Crippen LogP contribution in [0.1, 0.15) is 18.4 Å². The summed E-state index contributed by atoms with van der Waals surface area (Å²) in [4.78, 5) is 25.3. The molecule has 0 bridgehead atoms. The third kappa shape index (κ3) is 5.52. The maximum absolute atomic E-state index is 12.7. The molecule has 0 aliphatic carbocycles. The van der Waals surface area contributed by atoms with E-state index in [-0.39, 0.29) is 31.5 Å². The Balaban J connectivity index is 2.03. The lowest BCUT2D eigenvalue weighted by molar-refractivity contribution is -0.142. The van der Waals surface area contributed by atoms with Crippen molar-refractivity contribution in [2.45, 2.75) is 18.9 Å². The number of aliphatic carboxylic acids is 1. The molecule has 0 aromatic heterocycles. The molecule has 1 aromatic rings. The quantitative estimate of drug-likeness (QED) is 0.728. The first kappa shape index (κ1) is 20.3. The molecule has 1 fully saturated rings. The number of hydrogen-bond acceptors (Lipinski definition) is 5. The fourth-order valence-corrected chi connectivity index (χ4v) is 3.67. The first-order valence-electron chi connectivity index (χ1n) is 8.30. The van der Waals surface area contributed by atoms with Gasteiger partial charge in [-0.15, -0.1) is 0 Å². The minimum Gasteiger partial charge on any atom is -0.480 e. The normalized spacial score (nSPS) is 19.3. The molecule has 0 spiro atoms. The Labute approximate surface area is 153 Å². The first-order chi connectivity index (χ1) is 12.2. The number of carbonyl (C=O) groups excluding carboxylic acids is 1. The minimum atomic E-state index is -3.69. The zero-order valence-electron chi connectivity index (χ0n) is 14.9. The number of nitrogens with zero attached hydrogens (tertiary/aromatic N) is 2. The summed E-state index contributed by atoms with van der Waals surface area (Å²) < 4.78 is 30.0. The molecule has 1 amide bonds. The number of sulfonamides is 1. The molecule has 1 N–H and O–H groups in total. The van der Waals surface area contributed by atoms with Gasteiger partial charge in [0.25, 0.3) is 0 Å². The molecule has 2 rings (SSSR count). The highest BCUT2D eigenvalue weighted by Gasteiger charge is 2.31. The molecule has 1 aromatic carbocycles. The van der Waals surface area contributed by atoms with Crippen molar-refractivity contribution in [2.24, 2.45) is 0 Å². The Morgan fingerprint density at radius 2 is 2.00 bits per heavy atom. The number of carbonyl (C=O) groups is 2. The van der Waals surface area contributed by atoms with Crippen LogP contribution in [-0.4, -0.2) is 79.8 Å². The van der Waals surface area contributed by atoms with Gasteiger partial charge in [0.05, 0.1) is 24.9 Å². The van der Waals surface area contributed by atoms with Crippen molar-refractivity contribution in [3.8, 4) is 0 Å². The van der Waals surface area contributed by atoms with E-state index in [0.29, 0.717) is 6.54 Å². The highest BCUT2D eigenvalue weighted by Crippen LogP contribution is 2.20. The van der Waals surface area contributed by atoms with Crippen molar-refractivity contribution in [2.75, 3.05) is 39.0 Å². The van der Waals surface area contributed by atoms with Gasteiger partial charge in [-0.3, -0.25) is 9.59 Å². The molecule has 1 aliphatic rings. The van der Waals surface area contributed by atoms with Gasteiger partial charge < -0.3 is 14.7 Å². The summed E-state index contributed by atoms with van der Waals surface area (Å²) in [5, 5.41) is 8.90. The predicted octanol–water partition coefficient (Wildman–Crippen LogP) is 0.364. The number of rotatable bonds is 7. The predicted molar refractivity (Wildman–Crippen MR) is 95.2 cm³/mol. The van der Waals surface area contributed by atoms with Crippen molar-refractivity contribution in [1.82, 2.24) is 9.21 Å². The lowest BCUT2D eigenvalue weighted by atomic mass is 9.99. The van der Waals surface area contributed by atoms with Crippen molar-refractivity contribution in [3.63, 3.8) is 0 Å². The number of amides is 1. The Hall–Kier alpha value is -1.97. The van der Waals surface area contributed by atoms with Crippen LogP contribution in [0.25, 0.3) is 0 Å². The van der Waals surface area contributed by atoms with Crippen molar-refractivity contribution < 1.29 is 27.9 Å². The molecule has 2 atom stereocenters. The number of carboxylic acids is 1. The van der Waals surface area contributed by atoms with Gasteiger partial charge in [-0.05, 0) is 12.5 Å². The average molecular weight is 384 g/mol. The molecule has 1 aliphatic heterocycles. The SMILES string of the molecule is C[C@@H](C(=O)N1CCOC(CN(CC(=O)O)S(C)(=O)=O)C1)c1ccccc1. The highest BCUT2D eigenvalue weighted by atomic mass is 32.2. The largest absolute Gasteiger partial charge is 0.480 e. The molecular formula is C17H24N2O6S. The maximum Gasteiger partial charge on any atom is 0.318 e. The number of ether oxygens (including phenoxy) is 1. The Morgan fingerprint density at radius 1 is 1.35 bits per heavy atom. The van der Waals surface area contributed by atoms with E-state index in [1.807, 2.05) is 37.3 Å². The van der Waals surface area contributed by atoms with Crippen LogP contribution < -0.4 is 0 Å². The van der Waals surface area contributed by atoms with Gasteiger partial charge in [-0.25, -0.2) is 8.42 Å². The molecule has 0 radical (unpaired) electrons. The van der Waals surface area contributed by atoms with Crippen LogP contribution >= 0.6 is 0 Å². The summed E-state index contributed by atoms with van der Waals surface area (Å²) in [7, 11) is -3.69. The Bertz CT molecular complexity index is 737. The third-order valence-corrected chi connectivity index (χ3v) is 5.52. The number of morpholine rings is 1. The number of carboxylic acid groups (broad SMARTS) is 1. The second-order valence-electron chi connectivity index (χ2n) is 6.36. The van der Waals surface area contributed by atoms with Gasteiger partial charge >= 0.3 is 5.97 Å². The van der Waals surface area contributed by atoms with Crippen molar-refractivity contribution >= 4 is 21.9 Å². The Morgan fingerprint density at radius 3 is 2.58 bits per heavy atom. The van der Waals surface area contributed by atoms with E-state index in [9.17, 15) is 18.0 Å². The minimum absolute atomic E-state index is 0.0614. The van der Waals surface area contributed by atoms with Crippen LogP contribution in [0.4, 0.5) is 0 Å². The standard InChI is InChI=1S/C17H24N2O6S/c1-13(14-6-4-3-5-7-14)17(22)18-8-9-25-15(10-18)11-19(12-16(20)21)26(2,23)24/h3-7,13,15H,8-12H2,1-2H3,(H,20,21)/t13-,15?/m1/s1. The molecule has 1 unspecified atom stereocenters. The van der Waals surface area contributed by atoms with E-state index >= 15 is 0 Å². The molecule has 0 saturated carbocycles. The van der Waals surface area contributed by atoms with Gasteiger partial charge in [-0.1, -0.05) is 30.3 Å². The summed E-state index contributed by atoms with van der Waals surface area (Å²) in [5.41, 5.74) is 0.907. The van der Waals surface area contributed by atoms with Crippen LogP contribution in [-0.2, 0) is 24.3 Å². The maximum atomic E-state index is 12.7. The van der Waals surface area contributed by atoms with Crippen LogP contribution in [0, 0.1) is 0 Å². The molecule has 1 heterocycles. The lowest BCUT2D eigenvalue weighted by Crippen LogP contribution is -2.51. The summed E-state index contributed by atoms with van der Waals surface area (Å²) in [5.74, 6) is -1.62. The molecular weight excluding hydrogens is 360 g/mol. The fraction of sp³-hybridized carbons (Fsp3) is 0.529. The van der Waals surface area contributed by atoms with E-state index in [1.54, 1.807) is 4.90 Å². The van der Waals surface area contributed by atoms with Gasteiger partial charge in [0.2, 0.25) is 15.9 Å². The monoisotopic (exact) mass is 384 g/mol. The van der Waals surface area contributed by atoms with Crippen LogP contribution in [0.5, 0.6) is 0 Å².